The van der Waals surface area contributed by atoms with Crippen LogP contribution in [0.15, 0.2) is 57.8 Å². The number of rotatable bonds is 7. The molecule has 1 aliphatic rings. The SMILES string of the molecule is COc1ccc(-c2nnc(NC(=O)C3CCCN(S(=O)(=O)c4ccccc4)C3)o2)c(OC)c1. The molecule has 1 N–H and O–H groups in total. The fraction of sp³-hybridized carbons (Fsp3) is 0.318. The highest BCUT2D eigenvalue weighted by molar-refractivity contribution is 7.89. The van der Waals surface area contributed by atoms with E-state index in [9.17, 15) is 13.2 Å². The van der Waals surface area contributed by atoms with Crippen molar-refractivity contribution in [1.82, 2.24) is 14.5 Å². The van der Waals surface area contributed by atoms with Crippen molar-refractivity contribution in [2.45, 2.75) is 17.7 Å². The van der Waals surface area contributed by atoms with E-state index in [-0.39, 0.29) is 29.3 Å². The maximum absolute atomic E-state index is 12.9. The Kier molecular flexibility index (Phi) is 6.61. The van der Waals surface area contributed by atoms with Gasteiger partial charge in [-0.15, -0.1) is 5.10 Å². The molecular weight excluding hydrogens is 448 g/mol. The van der Waals surface area contributed by atoms with Crippen LogP contribution in [0.1, 0.15) is 12.8 Å². The summed E-state index contributed by atoms with van der Waals surface area (Å²) in [4.78, 5) is 13.0. The molecule has 174 valence electrons. The van der Waals surface area contributed by atoms with Gasteiger partial charge in [-0.2, -0.15) is 4.31 Å². The molecule has 1 aliphatic heterocycles. The summed E-state index contributed by atoms with van der Waals surface area (Å²) in [7, 11) is -0.611. The number of benzene rings is 2. The summed E-state index contributed by atoms with van der Waals surface area (Å²) in [6.07, 6.45) is 1.13. The molecule has 33 heavy (non-hydrogen) atoms. The predicted octanol–water partition coefficient (Wildman–Crippen LogP) is 2.79. The van der Waals surface area contributed by atoms with E-state index >= 15 is 0 Å². The van der Waals surface area contributed by atoms with Gasteiger partial charge < -0.3 is 13.9 Å². The number of carbonyl (C=O) groups is 1. The molecule has 1 aromatic heterocycles. The highest BCUT2D eigenvalue weighted by Crippen LogP contribution is 2.33. The highest BCUT2D eigenvalue weighted by Gasteiger charge is 2.33. The van der Waals surface area contributed by atoms with Crippen LogP contribution in [0.3, 0.4) is 0 Å². The number of anilines is 1. The molecule has 1 saturated heterocycles. The zero-order valence-electron chi connectivity index (χ0n) is 18.2. The van der Waals surface area contributed by atoms with Crippen LogP contribution in [0.5, 0.6) is 11.5 Å². The van der Waals surface area contributed by atoms with E-state index in [1.54, 1.807) is 55.6 Å². The van der Waals surface area contributed by atoms with Crippen molar-refractivity contribution >= 4 is 21.9 Å². The molecule has 0 bridgehead atoms. The quantitative estimate of drug-likeness (QED) is 0.557. The van der Waals surface area contributed by atoms with Gasteiger partial charge in [0.05, 0.1) is 30.6 Å². The minimum absolute atomic E-state index is 0.0732. The first-order valence-corrected chi connectivity index (χ1v) is 11.8. The summed E-state index contributed by atoms with van der Waals surface area (Å²) in [5.41, 5.74) is 0.545. The largest absolute Gasteiger partial charge is 0.497 e. The van der Waals surface area contributed by atoms with Crippen molar-refractivity contribution in [3.8, 4) is 23.0 Å². The molecule has 3 aromatic rings. The van der Waals surface area contributed by atoms with Crippen LogP contribution < -0.4 is 14.8 Å². The van der Waals surface area contributed by atoms with Gasteiger partial charge in [-0.3, -0.25) is 10.1 Å². The molecule has 1 unspecified atom stereocenters. The molecule has 2 aromatic carbocycles. The fourth-order valence-electron chi connectivity index (χ4n) is 3.68. The van der Waals surface area contributed by atoms with Crippen molar-refractivity contribution < 1.29 is 27.1 Å². The van der Waals surface area contributed by atoms with E-state index in [1.165, 1.54) is 11.4 Å². The number of sulfonamides is 1. The Hall–Kier alpha value is -3.44. The number of nitrogens with one attached hydrogen (secondary N) is 1. The number of amides is 1. The maximum atomic E-state index is 12.9. The Balaban J connectivity index is 1.46. The van der Waals surface area contributed by atoms with Gasteiger partial charge in [0, 0.05) is 19.2 Å². The predicted molar refractivity (Wildman–Crippen MR) is 119 cm³/mol. The Labute approximate surface area is 191 Å². The van der Waals surface area contributed by atoms with Crippen LogP contribution in [0.2, 0.25) is 0 Å². The van der Waals surface area contributed by atoms with E-state index in [2.05, 4.69) is 15.5 Å². The lowest BCUT2D eigenvalue weighted by Gasteiger charge is -2.30. The molecule has 1 amide bonds. The average Bonchev–Trinajstić information content (AvgIpc) is 3.32. The van der Waals surface area contributed by atoms with Crippen molar-refractivity contribution in [2.24, 2.45) is 5.92 Å². The van der Waals surface area contributed by atoms with Gasteiger partial charge in [0.15, 0.2) is 0 Å². The van der Waals surface area contributed by atoms with Crippen LogP contribution in [0.25, 0.3) is 11.5 Å². The highest BCUT2D eigenvalue weighted by atomic mass is 32.2. The molecule has 1 fully saturated rings. The molecule has 4 rings (SSSR count). The normalized spacial score (nSPS) is 16.8. The second-order valence-corrected chi connectivity index (χ2v) is 9.42. The number of carbonyl (C=O) groups excluding carboxylic acids is 1. The number of aromatic nitrogens is 2. The molecule has 0 saturated carbocycles. The van der Waals surface area contributed by atoms with Crippen LogP contribution in [0.4, 0.5) is 6.01 Å². The van der Waals surface area contributed by atoms with Gasteiger partial charge in [0.25, 0.3) is 5.89 Å². The smallest absolute Gasteiger partial charge is 0.322 e. The zero-order valence-corrected chi connectivity index (χ0v) is 19.0. The molecule has 0 radical (unpaired) electrons. The number of hydrogen-bond donors (Lipinski definition) is 1. The minimum atomic E-state index is -3.67. The number of nitrogens with zero attached hydrogens (tertiary/aromatic N) is 3. The summed E-state index contributed by atoms with van der Waals surface area (Å²) >= 11 is 0. The third-order valence-corrected chi connectivity index (χ3v) is 7.31. The van der Waals surface area contributed by atoms with E-state index in [0.29, 0.717) is 36.4 Å². The van der Waals surface area contributed by atoms with Gasteiger partial charge >= 0.3 is 6.01 Å². The zero-order chi connectivity index (χ0) is 23.4. The summed E-state index contributed by atoms with van der Waals surface area (Å²) in [6.45, 7) is 0.444. The van der Waals surface area contributed by atoms with Crippen LogP contribution in [-0.2, 0) is 14.8 Å². The van der Waals surface area contributed by atoms with E-state index < -0.39 is 15.9 Å². The van der Waals surface area contributed by atoms with E-state index in [0.717, 1.165) is 0 Å². The summed E-state index contributed by atoms with van der Waals surface area (Å²) in [5.74, 6) is 0.338. The van der Waals surface area contributed by atoms with Gasteiger partial charge in [0.2, 0.25) is 15.9 Å². The molecule has 1 atom stereocenters. The average molecular weight is 473 g/mol. The molecule has 0 aliphatic carbocycles. The monoisotopic (exact) mass is 472 g/mol. The summed E-state index contributed by atoms with van der Waals surface area (Å²) < 4.78 is 43.3. The number of hydrogen-bond acceptors (Lipinski definition) is 8. The Morgan fingerprint density at radius 3 is 2.64 bits per heavy atom. The topological polar surface area (TPSA) is 124 Å². The van der Waals surface area contributed by atoms with E-state index in [1.807, 2.05) is 0 Å². The van der Waals surface area contributed by atoms with Crippen molar-refractivity contribution in [3.63, 3.8) is 0 Å². The van der Waals surface area contributed by atoms with Gasteiger partial charge in [-0.05, 0) is 37.1 Å². The molecule has 0 spiro atoms. The standard InChI is InChI=1S/C22H24N4O6S/c1-30-16-10-11-18(19(13-16)31-2)21-24-25-22(32-21)23-20(27)15-7-6-12-26(14-15)33(28,29)17-8-4-3-5-9-17/h3-5,8-11,13,15H,6-7,12,14H2,1-2H3,(H,23,25,27). The summed E-state index contributed by atoms with van der Waals surface area (Å²) in [5, 5.41) is 10.5. The molecular formula is C22H24N4O6S. The van der Waals surface area contributed by atoms with Crippen LogP contribution in [0, 0.1) is 5.92 Å². The Morgan fingerprint density at radius 2 is 1.91 bits per heavy atom. The first kappa shape index (κ1) is 22.7. The third kappa shape index (κ3) is 4.83. The first-order chi connectivity index (χ1) is 15.9. The molecule has 2 heterocycles. The second kappa shape index (κ2) is 9.59. The Morgan fingerprint density at radius 1 is 1.12 bits per heavy atom. The maximum Gasteiger partial charge on any atom is 0.322 e. The molecule has 10 nitrogen and oxygen atoms in total. The van der Waals surface area contributed by atoms with E-state index in [4.69, 9.17) is 13.9 Å². The first-order valence-electron chi connectivity index (χ1n) is 10.3. The van der Waals surface area contributed by atoms with Crippen molar-refractivity contribution in [3.05, 3.63) is 48.5 Å². The molecule has 11 heteroatoms. The second-order valence-electron chi connectivity index (χ2n) is 7.48. The van der Waals surface area contributed by atoms with Crippen LogP contribution >= 0.6 is 0 Å². The number of ether oxygens (including phenoxy) is 2. The minimum Gasteiger partial charge on any atom is -0.497 e. The van der Waals surface area contributed by atoms with Gasteiger partial charge in [-0.1, -0.05) is 23.3 Å². The lowest BCUT2D eigenvalue weighted by Crippen LogP contribution is -2.43. The third-order valence-electron chi connectivity index (χ3n) is 5.43. The number of methoxy groups -OCH3 is 2. The van der Waals surface area contributed by atoms with Gasteiger partial charge in [-0.25, -0.2) is 8.42 Å². The lowest BCUT2D eigenvalue weighted by atomic mass is 9.99. The lowest BCUT2D eigenvalue weighted by molar-refractivity contribution is -0.121. The number of piperidine rings is 1. The Bertz CT molecular complexity index is 1230. The van der Waals surface area contributed by atoms with Crippen molar-refractivity contribution in [2.75, 3.05) is 32.6 Å². The summed E-state index contributed by atoms with van der Waals surface area (Å²) in [6, 6.07) is 13.2. The van der Waals surface area contributed by atoms with Gasteiger partial charge in [0.1, 0.15) is 11.5 Å². The van der Waals surface area contributed by atoms with Crippen molar-refractivity contribution in [1.29, 1.82) is 0 Å². The fourth-order valence-corrected chi connectivity index (χ4v) is 5.23. The van der Waals surface area contributed by atoms with Crippen LogP contribution in [-0.4, -0.2) is 56.1 Å².